The number of halogens is 1. The second-order valence-corrected chi connectivity index (χ2v) is 2.87. The topological polar surface area (TPSA) is 22.0 Å². The highest BCUT2D eigenvalue weighted by atomic mass is 19.1. The van der Waals surface area contributed by atoms with Crippen LogP contribution in [0, 0.1) is 5.82 Å². The third-order valence-corrected chi connectivity index (χ3v) is 2.01. The summed E-state index contributed by atoms with van der Waals surface area (Å²) < 4.78 is 14.8. The molecule has 14 heavy (non-hydrogen) atoms. The monoisotopic (exact) mass is 189 g/mol. The number of carbonyl (C=O) groups excluding carboxylic acids is 1. The summed E-state index contributed by atoms with van der Waals surface area (Å²) in [4.78, 5) is 10.6. The van der Waals surface area contributed by atoms with E-state index >= 15 is 0 Å². The van der Waals surface area contributed by atoms with E-state index in [0.717, 1.165) is 0 Å². The van der Waals surface area contributed by atoms with Gasteiger partial charge in [0.05, 0.1) is 11.4 Å². The summed E-state index contributed by atoms with van der Waals surface area (Å²) in [6.45, 7) is 0. The number of aldehydes is 1. The van der Waals surface area contributed by atoms with E-state index in [1.807, 2.05) is 0 Å². The van der Waals surface area contributed by atoms with E-state index in [2.05, 4.69) is 0 Å². The second-order valence-electron chi connectivity index (χ2n) is 2.87. The lowest BCUT2D eigenvalue weighted by Crippen LogP contribution is -1.99. The fourth-order valence-corrected chi connectivity index (χ4v) is 1.36. The number of hydrogen-bond acceptors (Lipinski definition) is 1. The molecule has 3 heteroatoms. The van der Waals surface area contributed by atoms with Gasteiger partial charge in [0.25, 0.3) is 0 Å². The highest BCUT2D eigenvalue weighted by molar-refractivity contribution is 5.73. The highest BCUT2D eigenvalue weighted by Gasteiger charge is 2.05. The molecular formula is C11H8FNO. The van der Waals surface area contributed by atoms with Crippen LogP contribution in [0.2, 0.25) is 0 Å². The molecule has 0 saturated heterocycles. The number of hydrogen-bond donors (Lipinski definition) is 0. The Hall–Kier alpha value is -1.90. The fraction of sp³-hybridized carbons (Fsp3) is 0. The zero-order valence-corrected chi connectivity index (χ0v) is 7.35. The molecule has 0 radical (unpaired) electrons. The van der Waals surface area contributed by atoms with Crippen molar-refractivity contribution in [2.45, 2.75) is 0 Å². The number of rotatable bonds is 2. The van der Waals surface area contributed by atoms with Gasteiger partial charge in [-0.2, -0.15) is 0 Å². The maximum Gasteiger partial charge on any atom is 0.166 e. The number of benzene rings is 1. The van der Waals surface area contributed by atoms with Crippen LogP contribution in [0.15, 0.2) is 42.6 Å². The van der Waals surface area contributed by atoms with Gasteiger partial charge in [-0.05, 0) is 24.3 Å². The molecular weight excluding hydrogens is 181 g/mol. The molecule has 1 aromatic heterocycles. The minimum atomic E-state index is -0.341. The molecule has 1 heterocycles. The SMILES string of the molecule is O=Cc1cccn1-c1ccccc1F. The summed E-state index contributed by atoms with van der Waals surface area (Å²) in [6, 6.07) is 9.68. The third-order valence-electron chi connectivity index (χ3n) is 2.01. The normalized spacial score (nSPS) is 10.1. The van der Waals surface area contributed by atoms with Crippen LogP contribution >= 0.6 is 0 Å². The van der Waals surface area contributed by atoms with E-state index in [4.69, 9.17) is 0 Å². The van der Waals surface area contributed by atoms with Crippen LogP contribution < -0.4 is 0 Å². The molecule has 0 unspecified atom stereocenters. The Labute approximate surface area is 80.6 Å². The Bertz CT molecular complexity index is 462. The first-order valence-corrected chi connectivity index (χ1v) is 4.20. The molecule has 0 amide bonds. The summed E-state index contributed by atoms with van der Waals surface area (Å²) >= 11 is 0. The zero-order valence-electron chi connectivity index (χ0n) is 7.35. The lowest BCUT2D eigenvalue weighted by Gasteiger charge is -2.05. The first kappa shape index (κ1) is 8.69. The largest absolute Gasteiger partial charge is 0.311 e. The molecule has 0 aliphatic heterocycles. The summed E-state index contributed by atoms with van der Waals surface area (Å²) in [6.07, 6.45) is 2.36. The Kier molecular flexibility index (Phi) is 2.14. The van der Waals surface area contributed by atoms with Crippen LogP contribution in [-0.2, 0) is 0 Å². The van der Waals surface area contributed by atoms with Gasteiger partial charge in [-0.1, -0.05) is 12.1 Å². The van der Waals surface area contributed by atoms with Gasteiger partial charge in [0.2, 0.25) is 0 Å². The number of para-hydroxylation sites is 1. The third kappa shape index (κ3) is 1.33. The van der Waals surface area contributed by atoms with Gasteiger partial charge < -0.3 is 4.57 Å². The molecule has 2 rings (SSSR count). The first-order chi connectivity index (χ1) is 6.83. The lowest BCUT2D eigenvalue weighted by molar-refractivity contribution is 0.111. The van der Waals surface area contributed by atoms with Gasteiger partial charge in [0.1, 0.15) is 5.82 Å². The highest BCUT2D eigenvalue weighted by Crippen LogP contribution is 2.14. The van der Waals surface area contributed by atoms with Crippen molar-refractivity contribution in [3.05, 3.63) is 54.1 Å². The molecule has 0 saturated carbocycles. The molecule has 2 nitrogen and oxygen atoms in total. The van der Waals surface area contributed by atoms with Crippen LogP contribution in [0.3, 0.4) is 0 Å². The molecule has 0 aliphatic rings. The van der Waals surface area contributed by atoms with Gasteiger partial charge in [0, 0.05) is 6.20 Å². The quantitative estimate of drug-likeness (QED) is 0.665. The van der Waals surface area contributed by atoms with Gasteiger partial charge in [0.15, 0.2) is 6.29 Å². The average Bonchev–Trinajstić information content (AvgIpc) is 2.66. The summed E-state index contributed by atoms with van der Waals surface area (Å²) in [5.74, 6) is -0.341. The molecule has 70 valence electrons. The Morgan fingerprint density at radius 3 is 2.64 bits per heavy atom. The van der Waals surface area contributed by atoms with E-state index < -0.39 is 0 Å². The van der Waals surface area contributed by atoms with Crippen molar-refractivity contribution in [2.24, 2.45) is 0 Å². The van der Waals surface area contributed by atoms with Crippen molar-refractivity contribution < 1.29 is 9.18 Å². The zero-order chi connectivity index (χ0) is 9.97. The van der Waals surface area contributed by atoms with Crippen molar-refractivity contribution in [3.63, 3.8) is 0 Å². The van der Waals surface area contributed by atoms with Crippen molar-refractivity contribution in [1.29, 1.82) is 0 Å². The number of carbonyl (C=O) groups is 1. The van der Waals surface area contributed by atoms with E-state index in [-0.39, 0.29) is 5.82 Å². The summed E-state index contributed by atoms with van der Waals surface area (Å²) in [7, 11) is 0. The lowest BCUT2D eigenvalue weighted by atomic mass is 10.3. The standard InChI is InChI=1S/C11H8FNO/c12-10-5-1-2-6-11(10)13-7-3-4-9(13)8-14/h1-8H. The summed E-state index contributed by atoms with van der Waals surface area (Å²) in [5, 5.41) is 0. The maximum absolute atomic E-state index is 13.3. The molecule has 2 aromatic rings. The van der Waals surface area contributed by atoms with Crippen molar-refractivity contribution in [1.82, 2.24) is 4.57 Å². The molecule has 0 aliphatic carbocycles. The average molecular weight is 189 g/mol. The van der Waals surface area contributed by atoms with E-state index in [9.17, 15) is 9.18 Å². The van der Waals surface area contributed by atoms with Gasteiger partial charge in [-0.25, -0.2) is 4.39 Å². The Balaban J connectivity index is 2.60. The number of aromatic nitrogens is 1. The van der Waals surface area contributed by atoms with Gasteiger partial charge in [-0.3, -0.25) is 4.79 Å². The molecule has 1 aromatic carbocycles. The van der Waals surface area contributed by atoms with Gasteiger partial charge in [-0.15, -0.1) is 0 Å². The van der Waals surface area contributed by atoms with E-state index in [1.54, 1.807) is 36.5 Å². The molecule has 0 N–H and O–H groups in total. The molecule has 0 fully saturated rings. The second kappa shape index (κ2) is 3.46. The molecule has 0 spiro atoms. The number of nitrogens with zero attached hydrogens (tertiary/aromatic N) is 1. The Morgan fingerprint density at radius 2 is 1.93 bits per heavy atom. The Morgan fingerprint density at radius 1 is 1.14 bits per heavy atom. The van der Waals surface area contributed by atoms with Crippen molar-refractivity contribution >= 4 is 6.29 Å². The van der Waals surface area contributed by atoms with E-state index in [1.165, 1.54) is 10.6 Å². The summed E-state index contributed by atoms with van der Waals surface area (Å²) in [5.41, 5.74) is 0.828. The van der Waals surface area contributed by atoms with Crippen LogP contribution in [0.25, 0.3) is 5.69 Å². The fourth-order valence-electron chi connectivity index (χ4n) is 1.36. The van der Waals surface area contributed by atoms with Crippen LogP contribution in [-0.4, -0.2) is 10.9 Å². The van der Waals surface area contributed by atoms with Crippen LogP contribution in [0.5, 0.6) is 0 Å². The minimum absolute atomic E-state index is 0.341. The van der Waals surface area contributed by atoms with E-state index in [0.29, 0.717) is 17.7 Å². The van der Waals surface area contributed by atoms with Crippen molar-refractivity contribution in [2.75, 3.05) is 0 Å². The molecule has 0 atom stereocenters. The van der Waals surface area contributed by atoms with Crippen LogP contribution in [0.4, 0.5) is 4.39 Å². The van der Waals surface area contributed by atoms with Crippen molar-refractivity contribution in [3.8, 4) is 5.69 Å². The first-order valence-electron chi connectivity index (χ1n) is 4.20. The molecule has 0 bridgehead atoms. The predicted molar refractivity (Wildman–Crippen MR) is 51.1 cm³/mol. The maximum atomic E-state index is 13.3. The smallest absolute Gasteiger partial charge is 0.166 e. The minimum Gasteiger partial charge on any atom is -0.311 e. The van der Waals surface area contributed by atoms with Gasteiger partial charge >= 0.3 is 0 Å². The van der Waals surface area contributed by atoms with Crippen LogP contribution in [0.1, 0.15) is 10.5 Å². The predicted octanol–water partition coefficient (Wildman–Crippen LogP) is 2.43.